The second kappa shape index (κ2) is 7.85. The standard InChI is InChI=1S/C21H24N8O/c1-13-16(20-24-14(2)28-30-20)3-4-17-19(13)27-21(25-17)26-18-11-15(5-6-23-18)12-29-9-7-22-8-10-29/h3-6,11,22H,7-10,12H2,1-2H3,(H2,23,25,26,27). The smallest absolute Gasteiger partial charge is 0.258 e. The van der Waals surface area contributed by atoms with Crippen LogP contribution in [0.2, 0.25) is 0 Å². The van der Waals surface area contributed by atoms with Crippen molar-refractivity contribution in [1.82, 2.24) is 35.3 Å². The molecule has 0 atom stereocenters. The largest absolute Gasteiger partial charge is 0.334 e. The molecule has 30 heavy (non-hydrogen) atoms. The summed E-state index contributed by atoms with van der Waals surface area (Å²) in [6, 6.07) is 8.09. The van der Waals surface area contributed by atoms with Crippen LogP contribution < -0.4 is 10.6 Å². The molecule has 3 aromatic heterocycles. The molecule has 5 rings (SSSR count). The van der Waals surface area contributed by atoms with Crippen molar-refractivity contribution in [2.24, 2.45) is 0 Å². The SMILES string of the molecule is Cc1noc(-c2ccc3[nH]c(Nc4cc(CN5CCNCC5)ccn4)nc3c2C)n1. The molecule has 1 fully saturated rings. The third-order valence-electron chi connectivity index (χ3n) is 5.35. The van der Waals surface area contributed by atoms with E-state index in [1.165, 1.54) is 5.56 Å². The number of imidazole rings is 1. The first-order chi connectivity index (χ1) is 14.7. The fraction of sp³-hybridized carbons (Fsp3) is 0.333. The van der Waals surface area contributed by atoms with E-state index in [0.717, 1.165) is 60.7 Å². The number of rotatable bonds is 5. The van der Waals surface area contributed by atoms with Crippen molar-refractivity contribution in [1.29, 1.82) is 0 Å². The molecule has 1 aromatic carbocycles. The summed E-state index contributed by atoms with van der Waals surface area (Å²) >= 11 is 0. The first-order valence-corrected chi connectivity index (χ1v) is 10.1. The van der Waals surface area contributed by atoms with E-state index in [1.807, 2.05) is 25.3 Å². The molecule has 3 N–H and O–H groups in total. The Morgan fingerprint density at radius 1 is 1.13 bits per heavy atom. The van der Waals surface area contributed by atoms with Gasteiger partial charge >= 0.3 is 0 Å². The maximum absolute atomic E-state index is 5.33. The summed E-state index contributed by atoms with van der Waals surface area (Å²) in [5.74, 6) is 2.54. The van der Waals surface area contributed by atoms with E-state index in [9.17, 15) is 0 Å². The fourth-order valence-electron chi connectivity index (χ4n) is 3.80. The molecule has 0 aliphatic carbocycles. The maximum atomic E-state index is 5.33. The summed E-state index contributed by atoms with van der Waals surface area (Å²) in [5, 5.41) is 10.6. The van der Waals surface area contributed by atoms with Gasteiger partial charge in [-0.05, 0) is 49.2 Å². The second-order valence-electron chi connectivity index (χ2n) is 7.57. The van der Waals surface area contributed by atoms with Gasteiger partial charge in [-0.25, -0.2) is 9.97 Å². The molecular formula is C21H24N8O. The number of hydrogen-bond donors (Lipinski definition) is 3. The Balaban J connectivity index is 1.38. The highest BCUT2D eigenvalue weighted by molar-refractivity contribution is 5.86. The number of nitrogens with zero attached hydrogens (tertiary/aromatic N) is 5. The third-order valence-corrected chi connectivity index (χ3v) is 5.35. The highest BCUT2D eigenvalue weighted by atomic mass is 16.5. The molecule has 1 aliphatic rings. The van der Waals surface area contributed by atoms with E-state index >= 15 is 0 Å². The predicted molar refractivity (Wildman–Crippen MR) is 115 cm³/mol. The zero-order chi connectivity index (χ0) is 20.5. The minimum absolute atomic E-state index is 0.506. The lowest BCUT2D eigenvalue weighted by atomic mass is 10.1. The van der Waals surface area contributed by atoms with E-state index in [0.29, 0.717) is 17.7 Å². The lowest BCUT2D eigenvalue weighted by Gasteiger charge is -2.27. The Morgan fingerprint density at radius 3 is 2.80 bits per heavy atom. The van der Waals surface area contributed by atoms with Gasteiger partial charge in [0.15, 0.2) is 5.82 Å². The molecular weight excluding hydrogens is 380 g/mol. The van der Waals surface area contributed by atoms with Gasteiger partial charge in [-0.15, -0.1) is 0 Å². The molecule has 0 saturated carbocycles. The number of aromatic amines is 1. The van der Waals surface area contributed by atoms with Gasteiger partial charge in [-0.3, -0.25) is 4.90 Å². The number of benzene rings is 1. The van der Waals surface area contributed by atoms with Crippen molar-refractivity contribution in [2.75, 3.05) is 31.5 Å². The Kier molecular flexibility index (Phi) is 4.89. The number of fused-ring (bicyclic) bond motifs is 1. The Bertz CT molecular complexity index is 1170. The molecule has 0 spiro atoms. The van der Waals surface area contributed by atoms with Crippen LogP contribution in [0.1, 0.15) is 17.0 Å². The fourth-order valence-corrected chi connectivity index (χ4v) is 3.80. The Hall–Kier alpha value is -3.30. The van der Waals surface area contributed by atoms with Gasteiger partial charge in [0.05, 0.1) is 11.0 Å². The summed E-state index contributed by atoms with van der Waals surface area (Å²) in [6.45, 7) is 8.95. The summed E-state index contributed by atoms with van der Waals surface area (Å²) in [6.07, 6.45) is 1.84. The van der Waals surface area contributed by atoms with Gasteiger partial charge in [-0.2, -0.15) is 4.98 Å². The molecule has 0 bridgehead atoms. The van der Waals surface area contributed by atoms with Crippen molar-refractivity contribution in [3.63, 3.8) is 0 Å². The molecule has 0 unspecified atom stereocenters. The molecule has 4 heterocycles. The highest BCUT2D eigenvalue weighted by Crippen LogP contribution is 2.29. The van der Waals surface area contributed by atoms with Crippen LogP contribution in [0.3, 0.4) is 0 Å². The van der Waals surface area contributed by atoms with Crippen LogP contribution in [0.4, 0.5) is 11.8 Å². The van der Waals surface area contributed by atoms with Crippen LogP contribution in [0.5, 0.6) is 0 Å². The molecule has 154 valence electrons. The lowest BCUT2D eigenvalue weighted by Crippen LogP contribution is -2.42. The summed E-state index contributed by atoms with van der Waals surface area (Å²) < 4.78 is 5.33. The van der Waals surface area contributed by atoms with Crippen molar-refractivity contribution in [3.8, 4) is 11.5 Å². The van der Waals surface area contributed by atoms with E-state index in [1.54, 1.807) is 6.92 Å². The third kappa shape index (κ3) is 3.77. The van der Waals surface area contributed by atoms with Crippen LogP contribution in [-0.2, 0) is 6.54 Å². The van der Waals surface area contributed by atoms with Crippen LogP contribution in [0, 0.1) is 13.8 Å². The first kappa shape index (κ1) is 18.7. The van der Waals surface area contributed by atoms with Crippen molar-refractivity contribution >= 4 is 22.8 Å². The summed E-state index contributed by atoms with van der Waals surface area (Å²) in [4.78, 5) is 19.3. The number of piperazine rings is 1. The number of aryl methyl sites for hydroxylation is 2. The lowest BCUT2D eigenvalue weighted by molar-refractivity contribution is 0.233. The molecule has 9 nitrogen and oxygen atoms in total. The van der Waals surface area contributed by atoms with Crippen molar-refractivity contribution in [3.05, 3.63) is 47.4 Å². The van der Waals surface area contributed by atoms with Gasteiger partial charge < -0.3 is 20.1 Å². The minimum atomic E-state index is 0.506. The number of nitrogens with one attached hydrogen (secondary N) is 3. The summed E-state index contributed by atoms with van der Waals surface area (Å²) in [7, 11) is 0. The van der Waals surface area contributed by atoms with E-state index < -0.39 is 0 Å². The number of aromatic nitrogens is 5. The average Bonchev–Trinajstić information content (AvgIpc) is 3.36. The van der Waals surface area contributed by atoms with Crippen molar-refractivity contribution in [2.45, 2.75) is 20.4 Å². The number of hydrogen-bond acceptors (Lipinski definition) is 8. The van der Waals surface area contributed by atoms with Gasteiger partial charge in [0.2, 0.25) is 5.95 Å². The topological polar surface area (TPSA) is 108 Å². The maximum Gasteiger partial charge on any atom is 0.258 e. The molecule has 9 heteroatoms. The van der Waals surface area contributed by atoms with E-state index in [-0.39, 0.29) is 0 Å². The predicted octanol–water partition coefficient (Wildman–Crippen LogP) is 2.77. The van der Waals surface area contributed by atoms with Crippen LogP contribution in [0.25, 0.3) is 22.5 Å². The normalized spacial score (nSPS) is 15.0. The van der Waals surface area contributed by atoms with E-state index in [4.69, 9.17) is 9.51 Å². The molecule has 1 aliphatic heterocycles. The molecule has 1 saturated heterocycles. The van der Waals surface area contributed by atoms with Gasteiger partial charge in [0.25, 0.3) is 5.89 Å². The second-order valence-corrected chi connectivity index (χ2v) is 7.57. The quantitative estimate of drug-likeness (QED) is 0.466. The molecule has 4 aromatic rings. The van der Waals surface area contributed by atoms with Gasteiger partial charge in [-0.1, -0.05) is 5.16 Å². The highest BCUT2D eigenvalue weighted by Gasteiger charge is 2.15. The van der Waals surface area contributed by atoms with Gasteiger partial charge in [0.1, 0.15) is 5.82 Å². The molecule has 0 radical (unpaired) electrons. The Morgan fingerprint density at radius 2 is 2.00 bits per heavy atom. The zero-order valence-electron chi connectivity index (χ0n) is 17.1. The monoisotopic (exact) mass is 404 g/mol. The number of pyridine rings is 1. The minimum Gasteiger partial charge on any atom is -0.334 e. The van der Waals surface area contributed by atoms with Crippen LogP contribution >= 0.6 is 0 Å². The van der Waals surface area contributed by atoms with Gasteiger partial charge in [0, 0.05) is 44.5 Å². The average molecular weight is 404 g/mol. The number of anilines is 2. The summed E-state index contributed by atoms with van der Waals surface area (Å²) in [5.41, 5.74) is 4.91. The molecule has 0 amide bonds. The zero-order valence-corrected chi connectivity index (χ0v) is 17.1. The van der Waals surface area contributed by atoms with E-state index in [2.05, 4.69) is 47.8 Å². The number of H-pyrrole nitrogens is 1. The van der Waals surface area contributed by atoms with Crippen molar-refractivity contribution < 1.29 is 4.52 Å². The Labute approximate surface area is 173 Å². The first-order valence-electron chi connectivity index (χ1n) is 10.1. The van der Waals surface area contributed by atoms with Crippen LogP contribution in [-0.4, -0.2) is 56.2 Å². The van der Waals surface area contributed by atoms with Crippen LogP contribution in [0.15, 0.2) is 35.0 Å².